The molecule has 0 aliphatic carbocycles. The Labute approximate surface area is 175 Å². The molecule has 1 aliphatic heterocycles. The first-order valence-electron chi connectivity index (χ1n) is 8.90. The molecule has 1 fully saturated rings. The molecule has 158 valence electrons. The molecule has 3 rings (SSSR count). The highest BCUT2D eigenvalue weighted by molar-refractivity contribution is 7.80. The number of aryl methyl sites for hydroxylation is 1. The molecule has 12 nitrogen and oxygen atoms in total. The van der Waals surface area contributed by atoms with E-state index in [0.717, 1.165) is 0 Å². The van der Waals surface area contributed by atoms with E-state index in [2.05, 4.69) is 10.3 Å². The molecule has 30 heavy (non-hydrogen) atoms. The molecule has 1 N–H and O–H groups in total. The lowest BCUT2D eigenvalue weighted by Gasteiger charge is -2.23. The molecule has 2 heterocycles. The van der Waals surface area contributed by atoms with Gasteiger partial charge in [0.1, 0.15) is 12.6 Å². The molecule has 1 amide bonds. The minimum atomic E-state index is -0.930. The van der Waals surface area contributed by atoms with Gasteiger partial charge in [0, 0.05) is 25.1 Å². The second-order valence-electron chi connectivity index (χ2n) is 6.48. The summed E-state index contributed by atoms with van der Waals surface area (Å²) in [6, 6.07) is 4.23. The molecule has 0 radical (unpaired) electrons. The second kappa shape index (κ2) is 8.41. The van der Waals surface area contributed by atoms with E-state index < -0.39 is 22.5 Å². The van der Waals surface area contributed by atoms with Crippen molar-refractivity contribution in [2.24, 2.45) is 12.0 Å². The van der Waals surface area contributed by atoms with Crippen molar-refractivity contribution in [1.29, 1.82) is 0 Å². The molecule has 2 aromatic rings. The Balaban J connectivity index is 1.84. The zero-order valence-corrected chi connectivity index (χ0v) is 16.9. The molecule has 0 spiro atoms. The number of benzene rings is 1. The highest BCUT2D eigenvalue weighted by Crippen LogP contribution is 2.23. The quantitative estimate of drug-likeness (QED) is 0.153. The van der Waals surface area contributed by atoms with Crippen LogP contribution in [0, 0.1) is 10.1 Å². The molecule has 0 saturated carbocycles. The minimum Gasteiger partial charge on any atom is -0.862 e. The van der Waals surface area contributed by atoms with Gasteiger partial charge in [-0.1, -0.05) is 4.68 Å². The van der Waals surface area contributed by atoms with Gasteiger partial charge in [0.25, 0.3) is 11.6 Å². The maximum Gasteiger partial charge on any atom is 0.431 e. The highest BCUT2D eigenvalue weighted by Gasteiger charge is 2.43. The Kier molecular flexibility index (Phi) is 5.91. The van der Waals surface area contributed by atoms with E-state index in [1.54, 1.807) is 14.0 Å². The fourth-order valence-corrected chi connectivity index (χ4v) is 3.47. The van der Waals surface area contributed by atoms with Crippen molar-refractivity contribution in [3.8, 4) is 0 Å². The van der Waals surface area contributed by atoms with Crippen LogP contribution >= 0.6 is 12.2 Å². The first-order valence-corrected chi connectivity index (χ1v) is 9.31. The van der Waals surface area contributed by atoms with E-state index in [4.69, 9.17) is 16.7 Å². The van der Waals surface area contributed by atoms with Crippen molar-refractivity contribution in [3.63, 3.8) is 0 Å². The van der Waals surface area contributed by atoms with Gasteiger partial charge in [0.05, 0.1) is 10.6 Å². The van der Waals surface area contributed by atoms with E-state index in [1.165, 1.54) is 38.7 Å². The topological polar surface area (TPSA) is 152 Å². The molecular weight excluding hydrogens is 416 g/mol. The van der Waals surface area contributed by atoms with Crippen molar-refractivity contribution < 1.29 is 24.0 Å². The third-order valence-corrected chi connectivity index (χ3v) is 5.09. The number of nitro groups is 1. The summed E-state index contributed by atoms with van der Waals surface area (Å²) in [5.74, 6) is -0.962. The number of rotatable bonds is 7. The average Bonchev–Trinajstić information content (AvgIpc) is 3.13. The van der Waals surface area contributed by atoms with Gasteiger partial charge in [-0.05, 0) is 42.4 Å². The number of aromatic amines is 1. The monoisotopic (exact) mass is 434 g/mol. The normalized spacial score (nSPS) is 17.1. The van der Waals surface area contributed by atoms with Crippen LogP contribution in [0.1, 0.15) is 19.0 Å². The van der Waals surface area contributed by atoms with Crippen LogP contribution in [0.2, 0.25) is 0 Å². The number of amides is 1. The van der Waals surface area contributed by atoms with Gasteiger partial charge in [0.15, 0.2) is 12.2 Å². The van der Waals surface area contributed by atoms with Gasteiger partial charge in [-0.25, -0.2) is 4.79 Å². The van der Waals surface area contributed by atoms with Crippen LogP contribution in [0.4, 0.5) is 11.4 Å². The Morgan fingerprint density at radius 1 is 1.37 bits per heavy atom. The third-order valence-electron chi connectivity index (χ3n) is 4.64. The van der Waals surface area contributed by atoms with E-state index in [0.29, 0.717) is 6.54 Å². The van der Waals surface area contributed by atoms with Gasteiger partial charge in [-0.3, -0.25) is 29.3 Å². The first-order chi connectivity index (χ1) is 14.2. The molecule has 1 aromatic carbocycles. The largest absolute Gasteiger partial charge is 0.862 e. The van der Waals surface area contributed by atoms with Crippen LogP contribution in [0.5, 0.6) is 0 Å². The molecule has 1 aromatic heterocycles. The summed E-state index contributed by atoms with van der Waals surface area (Å²) in [7, 11) is 1.57. The molecular formula is C17H18N6O6S. The molecule has 1 aliphatic rings. The Morgan fingerprint density at radius 2 is 2.03 bits per heavy atom. The van der Waals surface area contributed by atoms with Crippen molar-refractivity contribution in [3.05, 3.63) is 50.5 Å². The Bertz CT molecular complexity index is 1080. The number of likely N-dealkylation sites (N-methyl/N-ethyl adjacent to an activating group) is 1. The van der Waals surface area contributed by atoms with E-state index >= 15 is 0 Å². The zero-order valence-electron chi connectivity index (χ0n) is 16.1. The number of carbonyl (C=O) groups is 1. The summed E-state index contributed by atoms with van der Waals surface area (Å²) in [6.07, 6.45) is -0.272. The summed E-state index contributed by atoms with van der Waals surface area (Å²) in [5, 5.41) is 25.8. The summed E-state index contributed by atoms with van der Waals surface area (Å²) in [4.78, 5) is 41.6. The molecule has 0 bridgehead atoms. The molecule has 1 atom stereocenters. The lowest BCUT2D eigenvalue weighted by Crippen LogP contribution is -2.44. The average molecular weight is 434 g/mol. The minimum absolute atomic E-state index is 0.0289. The number of thiocarbonyl (C=S) groups is 1. The van der Waals surface area contributed by atoms with Gasteiger partial charge in [0.2, 0.25) is 0 Å². The predicted octanol–water partition coefficient (Wildman–Crippen LogP) is -0.501. The number of hydrogen-bond donors (Lipinski definition) is 1. The van der Waals surface area contributed by atoms with Crippen LogP contribution in [-0.4, -0.2) is 49.5 Å². The summed E-state index contributed by atoms with van der Waals surface area (Å²) < 4.78 is 6.09. The molecule has 13 heteroatoms. The summed E-state index contributed by atoms with van der Waals surface area (Å²) in [5.41, 5.74) is -0.271. The van der Waals surface area contributed by atoms with E-state index in [-0.39, 0.29) is 41.1 Å². The van der Waals surface area contributed by atoms with Crippen LogP contribution in [-0.2, 0) is 18.4 Å². The molecule has 1 saturated heterocycles. The van der Waals surface area contributed by atoms with Gasteiger partial charge in [-0.15, -0.1) is 0 Å². The van der Waals surface area contributed by atoms with E-state index in [1.807, 2.05) is 0 Å². The van der Waals surface area contributed by atoms with Gasteiger partial charge < -0.3 is 10.0 Å². The van der Waals surface area contributed by atoms with Crippen molar-refractivity contribution in [2.75, 3.05) is 6.54 Å². The van der Waals surface area contributed by atoms with Gasteiger partial charge >= 0.3 is 11.3 Å². The van der Waals surface area contributed by atoms with Crippen molar-refractivity contribution >= 4 is 40.5 Å². The Morgan fingerprint density at radius 3 is 2.57 bits per heavy atom. The van der Waals surface area contributed by atoms with Gasteiger partial charge in [-0.2, -0.15) is 0 Å². The van der Waals surface area contributed by atoms with Crippen LogP contribution in [0.3, 0.4) is 0 Å². The summed E-state index contributed by atoms with van der Waals surface area (Å²) in [6.45, 7) is 2.03. The van der Waals surface area contributed by atoms with Crippen molar-refractivity contribution in [2.45, 2.75) is 25.9 Å². The number of aromatic nitrogens is 2. The predicted molar refractivity (Wildman–Crippen MR) is 105 cm³/mol. The maximum absolute atomic E-state index is 12.8. The zero-order chi connectivity index (χ0) is 22.0. The number of aliphatic imine (C=N–C) groups is 1. The van der Waals surface area contributed by atoms with Crippen LogP contribution < -0.4 is 15.4 Å². The van der Waals surface area contributed by atoms with Crippen LogP contribution in [0.15, 0.2) is 38.6 Å². The lowest BCUT2D eigenvalue weighted by molar-refractivity contribution is -0.746. The number of carbonyl (C=O) groups excluding carboxylic acids is 1. The number of nitrogens with zero attached hydrogens (tertiary/aromatic N) is 5. The molecule has 1 unspecified atom stereocenters. The fraction of sp³-hybridized carbons (Fsp3) is 0.353. The smallest absolute Gasteiger partial charge is 0.431 e. The Hall–Kier alpha value is -3.61. The maximum atomic E-state index is 12.8. The highest BCUT2D eigenvalue weighted by atomic mass is 32.1. The van der Waals surface area contributed by atoms with E-state index in [9.17, 15) is 24.8 Å². The van der Waals surface area contributed by atoms with Crippen molar-refractivity contribution in [1.82, 2.24) is 15.1 Å². The number of H-pyrrole nitrogens is 1. The number of hydrogen-bond acceptors (Lipinski definition) is 8. The summed E-state index contributed by atoms with van der Waals surface area (Å²) >= 11 is 5.37. The standard InChI is InChI=1S/C17H18N6O6S/c1-3-21-15(25)12(22(17(21)30)9-13-16(26)29-19-20(13)2)8-14(24)18-10-4-6-11(7-5-10)23(27)28/h4-7,12H,3,8-9H2,1-2H3,(H-,18,19,24,26). The number of non-ortho nitro benzene ring substituents is 1. The fourth-order valence-electron chi connectivity index (χ4n) is 3.06. The SMILES string of the molecule is CCN1C(=O)C(CC([O-])=Nc2ccc([N+](=O)[O-])cc2)N(Cc2c(=O)o[nH][n+]2C)C1=S. The lowest BCUT2D eigenvalue weighted by atomic mass is 10.1. The second-order valence-corrected chi connectivity index (χ2v) is 6.84. The van der Waals surface area contributed by atoms with Crippen LogP contribution in [0.25, 0.3) is 0 Å². The third kappa shape index (κ3) is 4.05. The number of nitro benzene ring substituents is 1. The first kappa shape index (κ1) is 21.1. The number of nitrogens with one attached hydrogen (secondary N) is 1.